The second-order valence-electron chi connectivity index (χ2n) is 6.95. The first-order valence-corrected chi connectivity index (χ1v) is 9.71. The van der Waals surface area contributed by atoms with E-state index < -0.39 is 0 Å². The first-order chi connectivity index (χ1) is 11.6. The quantitative estimate of drug-likeness (QED) is 0.769. The second kappa shape index (κ2) is 7.68. The Balaban J connectivity index is 1.56. The molecule has 130 valence electrons. The number of halogens is 1. The Hall–Kier alpha value is -1.36. The van der Waals surface area contributed by atoms with Gasteiger partial charge < -0.3 is 9.80 Å². The molecule has 2 aliphatic rings. The SMILES string of the molecule is CC1CCCCN1C(=O)C1CCN(C(=O)c2ccc(Br)cc2)CC1. The third-order valence-electron chi connectivity index (χ3n) is 5.31. The van der Waals surface area contributed by atoms with E-state index in [-0.39, 0.29) is 11.8 Å². The normalized spacial score (nSPS) is 22.5. The summed E-state index contributed by atoms with van der Waals surface area (Å²) in [6, 6.07) is 7.84. The van der Waals surface area contributed by atoms with Gasteiger partial charge in [0.2, 0.25) is 5.91 Å². The molecule has 0 aromatic heterocycles. The Morgan fingerprint density at radius 1 is 1.00 bits per heavy atom. The maximum absolute atomic E-state index is 12.8. The Labute approximate surface area is 152 Å². The molecular weight excluding hydrogens is 368 g/mol. The van der Waals surface area contributed by atoms with Gasteiger partial charge in [0, 0.05) is 41.6 Å². The Morgan fingerprint density at radius 2 is 1.67 bits per heavy atom. The number of benzene rings is 1. The highest BCUT2D eigenvalue weighted by molar-refractivity contribution is 9.10. The lowest BCUT2D eigenvalue weighted by atomic mass is 9.92. The van der Waals surface area contributed by atoms with Crippen molar-refractivity contribution in [2.24, 2.45) is 5.92 Å². The van der Waals surface area contributed by atoms with Crippen molar-refractivity contribution in [1.29, 1.82) is 0 Å². The van der Waals surface area contributed by atoms with Gasteiger partial charge in [0.1, 0.15) is 0 Å². The van der Waals surface area contributed by atoms with Crippen LogP contribution in [-0.2, 0) is 4.79 Å². The number of carbonyl (C=O) groups excluding carboxylic acids is 2. The average Bonchev–Trinajstić information content (AvgIpc) is 2.62. The topological polar surface area (TPSA) is 40.6 Å². The van der Waals surface area contributed by atoms with E-state index in [9.17, 15) is 9.59 Å². The maximum atomic E-state index is 12.8. The number of hydrogen-bond donors (Lipinski definition) is 0. The number of carbonyl (C=O) groups is 2. The molecule has 0 saturated carbocycles. The highest BCUT2D eigenvalue weighted by Gasteiger charge is 2.33. The predicted octanol–water partition coefficient (Wildman–Crippen LogP) is 3.70. The molecule has 1 aromatic carbocycles. The van der Waals surface area contributed by atoms with Gasteiger partial charge in [-0.1, -0.05) is 15.9 Å². The highest BCUT2D eigenvalue weighted by Crippen LogP contribution is 2.25. The zero-order chi connectivity index (χ0) is 17.1. The number of nitrogens with zero attached hydrogens (tertiary/aromatic N) is 2. The van der Waals surface area contributed by atoms with Crippen molar-refractivity contribution in [1.82, 2.24) is 9.80 Å². The van der Waals surface area contributed by atoms with E-state index >= 15 is 0 Å². The molecule has 0 aliphatic carbocycles. The van der Waals surface area contributed by atoms with Crippen LogP contribution < -0.4 is 0 Å². The van der Waals surface area contributed by atoms with Crippen molar-refractivity contribution in [2.45, 2.75) is 45.1 Å². The number of hydrogen-bond acceptors (Lipinski definition) is 2. The Morgan fingerprint density at radius 3 is 2.29 bits per heavy atom. The van der Waals surface area contributed by atoms with E-state index in [2.05, 4.69) is 27.8 Å². The van der Waals surface area contributed by atoms with Crippen LogP contribution in [0.5, 0.6) is 0 Å². The molecule has 4 nitrogen and oxygen atoms in total. The van der Waals surface area contributed by atoms with Crippen LogP contribution in [0.4, 0.5) is 0 Å². The average molecular weight is 393 g/mol. The lowest BCUT2D eigenvalue weighted by Gasteiger charge is -2.38. The molecule has 1 atom stereocenters. The summed E-state index contributed by atoms with van der Waals surface area (Å²) >= 11 is 3.39. The molecule has 2 heterocycles. The van der Waals surface area contributed by atoms with Crippen LogP contribution in [0, 0.1) is 5.92 Å². The lowest BCUT2D eigenvalue weighted by Crippen LogP contribution is -2.48. The van der Waals surface area contributed by atoms with Crippen molar-refractivity contribution in [3.05, 3.63) is 34.3 Å². The molecule has 24 heavy (non-hydrogen) atoms. The summed E-state index contributed by atoms with van der Waals surface area (Å²) in [6.45, 7) is 4.41. The van der Waals surface area contributed by atoms with Gasteiger partial charge in [-0.2, -0.15) is 0 Å². The molecule has 0 radical (unpaired) electrons. The van der Waals surface area contributed by atoms with E-state index in [4.69, 9.17) is 0 Å². The molecule has 0 N–H and O–H groups in total. The summed E-state index contributed by atoms with van der Waals surface area (Å²) in [7, 11) is 0. The van der Waals surface area contributed by atoms with Gasteiger partial charge in [-0.25, -0.2) is 0 Å². The molecule has 3 rings (SSSR count). The van der Waals surface area contributed by atoms with Crippen LogP contribution in [0.15, 0.2) is 28.7 Å². The van der Waals surface area contributed by atoms with Crippen molar-refractivity contribution in [3.8, 4) is 0 Å². The fourth-order valence-corrected chi connectivity index (χ4v) is 4.03. The fourth-order valence-electron chi connectivity index (χ4n) is 3.76. The van der Waals surface area contributed by atoms with E-state index in [0.29, 0.717) is 30.6 Å². The van der Waals surface area contributed by atoms with Crippen LogP contribution in [0.2, 0.25) is 0 Å². The molecule has 2 aliphatic heterocycles. The summed E-state index contributed by atoms with van der Waals surface area (Å²) in [5.74, 6) is 0.456. The zero-order valence-electron chi connectivity index (χ0n) is 14.2. The van der Waals surface area contributed by atoms with Gasteiger partial charge in [-0.3, -0.25) is 9.59 Å². The maximum Gasteiger partial charge on any atom is 0.253 e. The standard InChI is InChI=1S/C19H25BrN2O2/c1-14-4-2-3-11-22(14)19(24)16-9-12-21(13-10-16)18(23)15-5-7-17(20)8-6-15/h5-8,14,16H,2-4,9-13H2,1H3. The minimum Gasteiger partial charge on any atom is -0.340 e. The third kappa shape index (κ3) is 3.82. The molecule has 1 unspecified atom stereocenters. The second-order valence-corrected chi connectivity index (χ2v) is 7.87. The van der Waals surface area contributed by atoms with Gasteiger partial charge in [-0.05, 0) is 63.3 Å². The predicted molar refractivity (Wildman–Crippen MR) is 97.8 cm³/mol. The molecule has 2 amide bonds. The smallest absolute Gasteiger partial charge is 0.253 e. The molecule has 0 spiro atoms. The van der Waals surface area contributed by atoms with E-state index in [1.165, 1.54) is 6.42 Å². The van der Waals surface area contributed by atoms with E-state index in [1.54, 1.807) is 0 Å². The van der Waals surface area contributed by atoms with Crippen LogP contribution >= 0.6 is 15.9 Å². The lowest BCUT2D eigenvalue weighted by molar-refractivity contribution is -0.140. The van der Waals surface area contributed by atoms with Crippen LogP contribution in [0.3, 0.4) is 0 Å². The first kappa shape index (κ1) is 17.5. The monoisotopic (exact) mass is 392 g/mol. The van der Waals surface area contributed by atoms with Gasteiger partial charge in [0.05, 0.1) is 0 Å². The fraction of sp³-hybridized carbons (Fsp3) is 0.579. The van der Waals surface area contributed by atoms with Gasteiger partial charge in [0.15, 0.2) is 0 Å². The van der Waals surface area contributed by atoms with Crippen LogP contribution in [0.1, 0.15) is 49.4 Å². The van der Waals surface area contributed by atoms with Crippen LogP contribution in [-0.4, -0.2) is 47.3 Å². The number of piperidine rings is 2. The zero-order valence-corrected chi connectivity index (χ0v) is 15.8. The van der Waals surface area contributed by atoms with E-state index in [0.717, 1.165) is 36.7 Å². The minimum atomic E-state index is 0.0692. The van der Waals surface area contributed by atoms with Gasteiger partial charge in [-0.15, -0.1) is 0 Å². The third-order valence-corrected chi connectivity index (χ3v) is 5.84. The van der Waals surface area contributed by atoms with Crippen molar-refractivity contribution < 1.29 is 9.59 Å². The van der Waals surface area contributed by atoms with Gasteiger partial charge in [0.25, 0.3) is 5.91 Å². The summed E-state index contributed by atoms with van der Waals surface area (Å²) in [6.07, 6.45) is 5.03. The Bertz CT molecular complexity index is 594. The molecular formula is C19H25BrN2O2. The molecule has 0 bridgehead atoms. The summed E-state index contributed by atoms with van der Waals surface area (Å²) in [4.78, 5) is 29.3. The number of rotatable bonds is 2. The van der Waals surface area contributed by atoms with Crippen molar-refractivity contribution >= 4 is 27.7 Å². The summed E-state index contributed by atoms with van der Waals surface area (Å²) in [5.41, 5.74) is 0.715. The molecule has 1 aromatic rings. The van der Waals surface area contributed by atoms with Crippen molar-refractivity contribution in [3.63, 3.8) is 0 Å². The van der Waals surface area contributed by atoms with E-state index in [1.807, 2.05) is 29.2 Å². The minimum absolute atomic E-state index is 0.0692. The largest absolute Gasteiger partial charge is 0.340 e. The summed E-state index contributed by atoms with van der Waals surface area (Å²) in [5, 5.41) is 0. The number of amides is 2. The molecule has 5 heteroatoms. The van der Waals surface area contributed by atoms with Crippen LogP contribution in [0.25, 0.3) is 0 Å². The molecule has 2 fully saturated rings. The molecule has 2 saturated heterocycles. The number of likely N-dealkylation sites (tertiary alicyclic amines) is 2. The summed E-state index contributed by atoms with van der Waals surface area (Å²) < 4.78 is 0.971. The highest BCUT2D eigenvalue weighted by atomic mass is 79.9. The van der Waals surface area contributed by atoms with Crippen molar-refractivity contribution in [2.75, 3.05) is 19.6 Å². The first-order valence-electron chi connectivity index (χ1n) is 8.91. The Kier molecular flexibility index (Phi) is 5.59. The van der Waals surface area contributed by atoms with Gasteiger partial charge >= 0.3 is 0 Å².